The molecule has 202 valence electrons. The smallest absolute Gasteiger partial charge is 0.181 e. The second kappa shape index (κ2) is 10.3. The van der Waals surface area contributed by atoms with Crippen LogP contribution in [0.25, 0.3) is 0 Å². The minimum atomic E-state index is -3.14. The highest BCUT2D eigenvalue weighted by Gasteiger charge is 2.50. The number of nitriles is 1. The van der Waals surface area contributed by atoms with Crippen molar-refractivity contribution >= 4 is 15.5 Å². The van der Waals surface area contributed by atoms with E-state index in [1.54, 1.807) is 18.2 Å². The van der Waals surface area contributed by atoms with Crippen molar-refractivity contribution in [3.8, 4) is 6.07 Å². The lowest BCUT2D eigenvalue weighted by Crippen LogP contribution is -2.53. The number of sulfone groups is 1. The van der Waals surface area contributed by atoms with Gasteiger partial charge < -0.3 is 9.80 Å². The zero-order valence-corrected chi connectivity index (χ0v) is 22.9. The van der Waals surface area contributed by atoms with Crippen molar-refractivity contribution in [3.05, 3.63) is 59.9 Å². The molecule has 7 heteroatoms. The lowest BCUT2D eigenvalue weighted by Gasteiger charge is -2.47. The molecule has 2 aliphatic heterocycles. The molecule has 0 bridgehead atoms. The minimum absolute atomic E-state index is 0.172. The first-order chi connectivity index (χ1) is 18.4. The number of piperidine rings is 1. The summed E-state index contributed by atoms with van der Waals surface area (Å²) >= 11 is 0. The van der Waals surface area contributed by atoms with E-state index in [4.69, 9.17) is 0 Å². The van der Waals surface area contributed by atoms with Gasteiger partial charge in [0.05, 0.1) is 21.6 Å². The standard InChI is InChI=1S/C31H38FN3O2S/c32-30-8-4-3-7-29(30)31(22-33,24-5-1-2-6-24)25-15-17-34(18-16-25)19-23-20-35(21-23)26-9-11-27(12-10-26)38(36,37)28-13-14-28/h3-4,7-12,23-25,28H,1-2,5-6,13-21H2. The fraction of sp³-hybridized carbons (Fsp3) is 0.581. The highest BCUT2D eigenvalue weighted by atomic mass is 32.2. The summed E-state index contributed by atoms with van der Waals surface area (Å²) in [6.07, 6.45) is 7.77. The van der Waals surface area contributed by atoms with Gasteiger partial charge in [0.15, 0.2) is 9.84 Å². The van der Waals surface area contributed by atoms with Gasteiger partial charge in [0.25, 0.3) is 0 Å². The average molecular weight is 536 g/mol. The summed E-state index contributed by atoms with van der Waals surface area (Å²) in [5.41, 5.74) is 0.994. The molecule has 2 saturated carbocycles. The summed E-state index contributed by atoms with van der Waals surface area (Å²) in [4.78, 5) is 5.30. The van der Waals surface area contributed by atoms with Crippen molar-refractivity contribution in [3.63, 3.8) is 0 Å². The Labute approximate surface area is 226 Å². The van der Waals surface area contributed by atoms with Gasteiger partial charge in [-0.3, -0.25) is 0 Å². The van der Waals surface area contributed by atoms with Crippen molar-refractivity contribution in [1.29, 1.82) is 5.26 Å². The number of benzene rings is 2. The number of rotatable bonds is 8. The Kier molecular flexibility index (Phi) is 6.98. The van der Waals surface area contributed by atoms with Crippen LogP contribution in [0.1, 0.15) is 56.9 Å². The van der Waals surface area contributed by atoms with Crippen molar-refractivity contribution < 1.29 is 12.8 Å². The molecule has 0 amide bonds. The fourth-order valence-electron chi connectivity index (χ4n) is 7.44. The predicted octanol–water partition coefficient (Wildman–Crippen LogP) is 5.56. The Balaban J connectivity index is 1.05. The maximum atomic E-state index is 15.1. The van der Waals surface area contributed by atoms with E-state index in [-0.39, 0.29) is 22.9 Å². The summed E-state index contributed by atoms with van der Waals surface area (Å²) in [5, 5.41) is 10.4. The lowest BCUT2D eigenvalue weighted by atomic mass is 9.60. The summed E-state index contributed by atoms with van der Waals surface area (Å²) in [5.74, 6) is 0.790. The molecule has 0 aromatic heterocycles. The topological polar surface area (TPSA) is 64.4 Å². The van der Waals surface area contributed by atoms with Crippen LogP contribution in [0, 0.1) is 34.9 Å². The molecule has 1 atom stereocenters. The highest BCUT2D eigenvalue weighted by molar-refractivity contribution is 7.92. The molecule has 5 nitrogen and oxygen atoms in total. The summed E-state index contributed by atoms with van der Waals surface area (Å²) < 4.78 is 40.0. The van der Waals surface area contributed by atoms with Gasteiger partial charge in [-0.2, -0.15) is 5.26 Å². The van der Waals surface area contributed by atoms with E-state index in [2.05, 4.69) is 15.9 Å². The van der Waals surface area contributed by atoms with Crippen molar-refractivity contribution in [2.24, 2.45) is 17.8 Å². The van der Waals surface area contributed by atoms with Crippen LogP contribution in [-0.4, -0.2) is 51.3 Å². The largest absolute Gasteiger partial charge is 0.371 e. The lowest BCUT2D eigenvalue weighted by molar-refractivity contribution is 0.101. The first kappa shape index (κ1) is 25.8. The number of nitrogens with zero attached hydrogens (tertiary/aromatic N) is 3. The number of anilines is 1. The van der Waals surface area contributed by atoms with Gasteiger partial charge in [-0.15, -0.1) is 0 Å². The Bertz CT molecular complexity index is 1280. The molecular formula is C31H38FN3O2S. The van der Waals surface area contributed by atoms with Gasteiger partial charge in [0.2, 0.25) is 0 Å². The SMILES string of the molecule is N#CC(c1ccccc1F)(C1CCCC1)C1CCN(CC2CN(c3ccc(S(=O)(=O)C4CC4)cc3)C2)CC1. The quantitative estimate of drug-likeness (QED) is 0.443. The first-order valence-electron chi connectivity index (χ1n) is 14.4. The Morgan fingerprint density at radius 1 is 0.895 bits per heavy atom. The van der Waals surface area contributed by atoms with Crippen LogP contribution in [-0.2, 0) is 15.3 Å². The molecule has 6 rings (SSSR count). The van der Waals surface area contributed by atoms with Gasteiger partial charge in [0.1, 0.15) is 5.82 Å². The number of hydrogen-bond acceptors (Lipinski definition) is 5. The summed E-state index contributed by atoms with van der Waals surface area (Å²) in [6, 6.07) is 17.1. The molecule has 2 aromatic rings. The first-order valence-corrected chi connectivity index (χ1v) is 15.9. The molecule has 0 N–H and O–H groups in total. The van der Waals surface area contributed by atoms with E-state index in [0.29, 0.717) is 16.4 Å². The van der Waals surface area contributed by atoms with Gasteiger partial charge >= 0.3 is 0 Å². The molecule has 2 aromatic carbocycles. The van der Waals surface area contributed by atoms with Gasteiger partial charge in [-0.25, -0.2) is 12.8 Å². The fourth-order valence-corrected chi connectivity index (χ4v) is 9.10. The average Bonchev–Trinajstić information content (AvgIpc) is 3.65. The van der Waals surface area contributed by atoms with E-state index in [1.807, 2.05) is 24.3 Å². The van der Waals surface area contributed by atoms with Crippen LogP contribution in [0.15, 0.2) is 53.4 Å². The van der Waals surface area contributed by atoms with Crippen LogP contribution in [0.4, 0.5) is 10.1 Å². The van der Waals surface area contributed by atoms with Crippen molar-refractivity contribution in [2.75, 3.05) is 37.6 Å². The van der Waals surface area contributed by atoms with Crippen LogP contribution in [0.3, 0.4) is 0 Å². The Morgan fingerprint density at radius 3 is 2.13 bits per heavy atom. The highest BCUT2D eigenvalue weighted by Crippen LogP contribution is 2.50. The Morgan fingerprint density at radius 2 is 1.53 bits per heavy atom. The van der Waals surface area contributed by atoms with Gasteiger partial charge in [0, 0.05) is 36.8 Å². The molecule has 2 aliphatic carbocycles. The molecule has 0 radical (unpaired) electrons. The minimum Gasteiger partial charge on any atom is -0.371 e. The monoisotopic (exact) mass is 535 g/mol. The van der Waals surface area contributed by atoms with Crippen LogP contribution >= 0.6 is 0 Å². The third-order valence-electron chi connectivity index (χ3n) is 9.70. The van der Waals surface area contributed by atoms with Crippen molar-refractivity contribution in [1.82, 2.24) is 4.90 Å². The molecule has 4 fully saturated rings. The van der Waals surface area contributed by atoms with E-state index in [9.17, 15) is 13.7 Å². The van der Waals surface area contributed by atoms with Gasteiger partial charge in [-0.05, 0) is 93.8 Å². The second-order valence-corrected chi connectivity index (χ2v) is 14.3. The number of hydrogen-bond donors (Lipinski definition) is 0. The molecule has 38 heavy (non-hydrogen) atoms. The molecular weight excluding hydrogens is 497 g/mol. The molecule has 1 unspecified atom stereocenters. The summed E-state index contributed by atoms with van der Waals surface area (Å²) in [6.45, 7) is 4.92. The predicted molar refractivity (Wildman–Crippen MR) is 147 cm³/mol. The molecule has 4 aliphatic rings. The normalized spacial score (nSPS) is 23.6. The molecule has 2 heterocycles. The van der Waals surface area contributed by atoms with Crippen LogP contribution in [0.2, 0.25) is 0 Å². The zero-order valence-electron chi connectivity index (χ0n) is 22.1. The van der Waals surface area contributed by atoms with Crippen LogP contribution < -0.4 is 4.90 Å². The third kappa shape index (κ3) is 4.64. The van der Waals surface area contributed by atoms with E-state index < -0.39 is 15.3 Å². The zero-order chi connectivity index (χ0) is 26.3. The van der Waals surface area contributed by atoms with E-state index in [0.717, 1.165) is 89.8 Å². The molecule has 0 spiro atoms. The Hall–Kier alpha value is -2.43. The maximum Gasteiger partial charge on any atom is 0.181 e. The van der Waals surface area contributed by atoms with E-state index >= 15 is 4.39 Å². The number of halogens is 1. The number of likely N-dealkylation sites (tertiary alicyclic amines) is 1. The second-order valence-electron chi connectivity index (χ2n) is 12.0. The van der Waals surface area contributed by atoms with Gasteiger partial charge in [-0.1, -0.05) is 31.0 Å². The van der Waals surface area contributed by atoms with Crippen LogP contribution in [0.5, 0.6) is 0 Å². The third-order valence-corrected chi connectivity index (χ3v) is 12.0. The molecule has 2 saturated heterocycles. The maximum absolute atomic E-state index is 15.1. The van der Waals surface area contributed by atoms with Crippen molar-refractivity contribution in [2.45, 2.75) is 66.9 Å². The summed E-state index contributed by atoms with van der Waals surface area (Å²) in [7, 11) is -3.14. The van der Waals surface area contributed by atoms with E-state index in [1.165, 1.54) is 6.07 Å².